The molecule has 0 aliphatic carbocycles. The summed E-state index contributed by atoms with van der Waals surface area (Å²) < 4.78 is 47.6. The molecule has 35 heavy (non-hydrogen) atoms. The van der Waals surface area contributed by atoms with Crippen LogP contribution in [0.1, 0.15) is 55.3 Å². The second kappa shape index (κ2) is 8.36. The van der Waals surface area contributed by atoms with Crippen molar-refractivity contribution in [2.24, 2.45) is 0 Å². The molecule has 1 aliphatic heterocycles. The Morgan fingerprint density at radius 2 is 1.91 bits per heavy atom. The maximum Gasteiger partial charge on any atom is 0.387 e. The minimum absolute atomic E-state index is 0.0653. The lowest BCUT2D eigenvalue weighted by Gasteiger charge is -2.20. The molecule has 5 rings (SSSR count). The second-order valence-corrected chi connectivity index (χ2v) is 8.82. The van der Waals surface area contributed by atoms with Gasteiger partial charge < -0.3 is 14.4 Å². The van der Waals surface area contributed by atoms with Crippen LogP contribution in [-0.4, -0.2) is 31.2 Å². The smallest absolute Gasteiger partial charge is 0.387 e. The normalized spacial score (nSPS) is 17.5. The standard InChI is InChI=1S/C25H20F3N5O2/c1-25(2,34)23-30-11-15(12-31-23)13-6-7-17-18(8-13)33-19(9-16(26)22(33)32-17)21-14(10-29)4-3-5-20(21)35-24(27)28/h3-8,11-12,16,19,24,34H,9H2,1-2H3/t16-,19-/m1/s1. The summed E-state index contributed by atoms with van der Waals surface area (Å²) in [7, 11) is 0. The number of rotatable bonds is 5. The first-order valence-corrected chi connectivity index (χ1v) is 10.9. The lowest BCUT2D eigenvalue weighted by atomic mass is 9.97. The van der Waals surface area contributed by atoms with Gasteiger partial charge in [-0.25, -0.2) is 19.3 Å². The number of aromatic nitrogens is 4. The van der Waals surface area contributed by atoms with Gasteiger partial charge in [0.25, 0.3) is 0 Å². The molecule has 10 heteroatoms. The maximum absolute atomic E-state index is 15.1. The van der Waals surface area contributed by atoms with E-state index in [1.54, 1.807) is 49.0 Å². The summed E-state index contributed by atoms with van der Waals surface area (Å²) in [6.45, 7) is 0.0765. The molecule has 0 amide bonds. The minimum Gasteiger partial charge on any atom is -0.434 e. The van der Waals surface area contributed by atoms with Crippen LogP contribution in [0.5, 0.6) is 5.75 Å². The first kappa shape index (κ1) is 22.8. The maximum atomic E-state index is 15.1. The SMILES string of the molecule is CC(C)(O)c1ncc(-c2ccc3nc4n(c3c2)[C@@H](c2c(C#N)cccc2OC(F)F)C[C@H]4F)cn1. The molecule has 0 saturated carbocycles. The van der Waals surface area contributed by atoms with Crippen molar-refractivity contribution in [3.63, 3.8) is 0 Å². The van der Waals surface area contributed by atoms with Crippen molar-refractivity contribution in [2.45, 2.75) is 44.7 Å². The quantitative estimate of drug-likeness (QED) is 0.423. The molecular weight excluding hydrogens is 459 g/mol. The molecule has 2 aromatic heterocycles. The predicted molar refractivity (Wildman–Crippen MR) is 120 cm³/mol. The van der Waals surface area contributed by atoms with Gasteiger partial charge in [0.15, 0.2) is 12.0 Å². The summed E-state index contributed by atoms with van der Waals surface area (Å²) in [5, 5.41) is 19.7. The summed E-state index contributed by atoms with van der Waals surface area (Å²) in [5.74, 6) is 0.261. The van der Waals surface area contributed by atoms with Crippen LogP contribution in [0.3, 0.4) is 0 Å². The second-order valence-electron chi connectivity index (χ2n) is 8.82. The van der Waals surface area contributed by atoms with Crippen molar-refractivity contribution in [3.05, 3.63) is 71.6 Å². The van der Waals surface area contributed by atoms with Gasteiger partial charge in [0.05, 0.1) is 28.7 Å². The lowest BCUT2D eigenvalue weighted by Crippen LogP contribution is -2.19. The summed E-state index contributed by atoms with van der Waals surface area (Å²) in [5.41, 5.74) is 1.62. The molecule has 0 unspecified atom stereocenters. The van der Waals surface area contributed by atoms with Crippen LogP contribution in [0.25, 0.3) is 22.2 Å². The average Bonchev–Trinajstić information content (AvgIpc) is 3.35. The summed E-state index contributed by atoms with van der Waals surface area (Å²) >= 11 is 0. The van der Waals surface area contributed by atoms with Crippen molar-refractivity contribution in [1.82, 2.24) is 19.5 Å². The molecule has 0 spiro atoms. The van der Waals surface area contributed by atoms with Crippen molar-refractivity contribution in [1.29, 1.82) is 5.26 Å². The Morgan fingerprint density at radius 1 is 1.17 bits per heavy atom. The van der Waals surface area contributed by atoms with Gasteiger partial charge in [-0.15, -0.1) is 0 Å². The third-order valence-corrected chi connectivity index (χ3v) is 6.01. The highest BCUT2D eigenvalue weighted by Crippen LogP contribution is 2.47. The van der Waals surface area contributed by atoms with E-state index in [1.165, 1.54) is 18.2 Å². The number of aliphatic hydroxyl groups is 1. The first-order chi connectivity index (χ1) is 16.7. The van der Waals surface area contributed by atoms with E-state index in [2.05, 4.69) is 15.0 Å². The largest absolute Gasteiger partial charge is 0.434 e. The topological polar surface area (TPSA) is 96.9 Å². The number of hydrogen-bond donors (Lipinski definition) is 1. The van der Waals surface area contributed by atoms with Crippen LogP contribution < -0.4 is 4.74 Å². The van der Waals surface area contributed by atoms with Crippen LogP contribution >= 0.6 is 0 Å². The van der Waals surface area contributed by atoms with Gasteiger partial charge in [-0.3, -0.25) is 0 Å². The highest BCUT2D eigenvalue weighted by Gasteiger charge is 2.38. The van der Waals surface area contributed by atoms with Crippen LogP contribution in [0.2, 0.25) is 0 Å². The van der Waals surface area contributed by atoms with Gasteiger partial charge in [-0.05, 0) is 43.7 Å². The Balaban J connectivity index is 1.65. The Labute approximate surface area is 198 Å². The molecule has 3 heterocycles. The number of nitriles is 1. The predicted octanol–water partition coefficient (Wildman–Crippen LogP) is 5.20. The van der Waals surface area contributed by atoms with Gasteiger partial charge in [0, 0.05) is 29.9 Å². The number of alkyl halides is 3. The molecule has 0 bridgehead atoms. The third-order valence-electron chi connectivity index (χ3n) is 6.01. The van der Waals surface area contributed by atoms with Crippen LogP contribution in [0.15, 0.2) is 48.8 Å². The van der Waals surface area contributed by atoms with Crippen LogP contribution in [0, 0.1) is 11.3 Å². The Morgan fingerprint density at radius 3 is 2.57 bits per heavy atom. The van der Waals surface area contributed by atoms with Crippen LogP contribution in [0.4, 0.5) is 13.2 Å². The molecule has 2 aromatic carbocycles. The number of ether oxygens (including phenoxy) is 1. The highest BCUT2D eigenvalue weighted by atomic mass is 19.3. The summed E-state index contributed by atoms with van der Waals surface area (Å²) in [6.07, 6.45) is 1.65. The van der Waals surface area contributed by atoms with Gasteiger partial charge in [-0.1, -0.05) is 12.1 Å². The van der Waals surface area contributed by atoms with E-state index < -0.39 is 24.4 Å². The fourth-order valence-electron chi connectivity index (χ4n) is 4.47. The molecule has 1 N–H and O–H groups in total. The summed E-state index contributed by atoms with van der Waals surface area (Å²) in [4.78, 5) is 12.9. The molecule has 7 nitrogen and oxygen atoms in total. The van der Waals surface area contributed by atoms with Crippen LogP contribution in [-0.2, 0) is 5.60 Å². The number of nitrogens with zero attached hydrogens (tertiary/aromatic N) is 5. The third kappa shape index (κ3) is 3.98. The molecule has 0 fully saturated rings. The lowest BCUT2D eigenvalue weighted by molar-refractivity contribution is -0.0507. The molecule has 2 atom stereocenters. The Hall–Kier alpha value is -3.97. The fraction of sp³-hybridized carbons (Fsp3) is 0.280. The molecular formula is C25H20F3N5O2. The van der Waals surface area contributed by atoms with Gasteiger partial charge in [0.2, 0.25) is 0 Å². The average molecular weight is 479 g/mol. The zero-order valence-corrected chi connectivity index (χ0v) is 18.8. The molecule has 0 radical (unpaired) electrons. The number of halogens is 3. The van der Waals surface area contributed by atoms with E-state index in [1.807, 2.05) is 6.07 Å². The Kier molecular flexibility index (Phi) is 5.44. The van der Waals surface area contributed by atoms with Crippen molar-refractivity contribution in [2.75, 3.05) is 0 Å². The van der Waals surface area contributed by atoms with Crippen molar-refractivity contribution in [3.8, 4) is 22.9 Å². The zero-order chi connectivity index (χ0) is 24.9. The zero-order valence-electron chi connectivity index (χ0n) is 18.8. The molecule has 4 aromatic rings. The van der Waals surface area contributed by atoms with E-state index in [-0.39, 0.29) is 34.9 Å². The number of benzene rings is 2. The number of fused-ring (bicyclic) bond motifs is 3. The summed E-state index contributed by atoms with van der Waals surface area (Å²) in [6, 6.07) is 10.9. The Bertz CT molecular complexity index is 1460. The first-order valence-electron chi connectivity index (χ1n) is 10.9. The monoisotopic (exact) mass is 479 g/mol. The minimum atomic E-state index is -3.09. The van der Waals surface area contributed by atoms with E-state index in [0.29, 0.717) is 16.6 Å². The number of imidazole rings is 1. The molecule has 1 aliphatic rings. The van der Waals surface area contributed by atoms with Gasteiger partial charge in [0.1, 0.15) is 17.2 Å². The number of hydrogen-bond acceptors (Lipinski definition) is 6. The van der Waals surface area contributed by atoms with E-state index in [0.717, 1.165) is 5.56 Å². The molecule has 178 valence electrons. The van der Waals surface area contributed by atoms with Crippen molar-refractivity contribution >= 4 is 11.0 Å². The van der Waals surface area contributed by atoms with Crippen molar-refractivity contribution < 1.29 is 23.0 Å². The van der Waals surface area contributed by atoms with E-state index in [9.17, 15) is 19.1 Å². The van der Waals surface area contributed by atoms with Gasteiger partial charge in [-0.2, -0.15) is 14.0 Å². The fourth-order valence-corrected chi connectivity index (χ4v) is 4.47. The van der Waals surface area contributed by atoms with E-state index in [4.69, 9.17) is 4.74 Å². The van der Waals surface area contributed by atoms with Gasteiger partial charge >= 0.3 is 6.61 Å². The highest BCUT2D eigenvalue weighted by molar-refractivity contribution is 5.83. The molecule has 0 saturated heterocycles. The van der Waals surface area contributed by atoms with E-state index >= 15 is 4.39 Å².